The molecular weight excluding hydrogens is 328 g/mol. The molecule has 0 fully saturated rings. The first-order valence-corrected chi connectivity index (χ1v) is 7.55. The third-order valence-corrected chi connectivity index (χ3v) is 3.92. The largest absolute Gasteiger partial charge is 0.494 e. The Morgan fingerprint density at radius 2 is 1.64 bits per heavy atom. The summed E-state index contributed by atoms with van der Waals surface area (Å²) in [4.78, 5) is 8.61. The maximum Gasteiger partial charge on any atom is 0.177 e. The second-order valence-electron chi connectivity index (χ2n) is 5.44. The molecule has 0 unspecified atom stereocenters. The summed E-state index contributed by atoms with van der Waals surface area (Å²) in [6, 6.07) is 4.61. The SMILES string of the molecule is CNc1nc(-c2c(F)c(OC)cc(OC)c2F)cc2cnc(C)cc12. The van der Waals surface area contributed by atoms with Crippen LogP contribution >= 0.6 is 0 Å². The average molecular weight is 345 g/mol. The van der Waals surface area contributed by atoms with E-state index in [4.69, 9.17) is 9.47 Å². The number of pyridine rings is 2. The predicted molar refractivity (Wildman–Crippen MR) is 92.3 cm³/mol. The van der Waals surface area contributed by atoms with Crippen molar-refractivity contribution in [3.8, 4) is 22.8 Å². The number of nitrogens with one attached hydrogen (secondary N) is 1. The van der Waals surface area contributed by atoms with E-state index in [2.05, 4.69) is 15.3 Å². The maximum atomic E-state index is 14.7. The molecule has 0 aliphatic carbocycles. The standard InChI is InChI=1S/C18H17F2N3O2/c1-9-5-11-10(8-22-9)6-12(23-18(11)21-2)15-16(19)13(24-3)7-14(25-4)17(15)20/h5-8H,1-4H3,(H,21,23). The highest BCUT2D eigenvalue weighted by Gasteiger charge is 2.23. The number of rotatable bonds is 4. The summed E-state index contributed by atoms with van der Waals surface area (Å²) in [7, 11) is 4.30. The monoisotopic (exact) mass is 345 g/mol. The van der Waals surface area contributed by atoms with E-state index in [0.717, 1.165) is 11.1 Å². The van der Waals surface area contributed by atoms with Crippen molar-refractivity contribution >= 4 is 16.6 Å². The maximum absolute atomic E-state index is 14.7. The van der Waals surface area contributed by atoms with Crippen molar-refractivity contribution in [3.05, 3.63) is 41.7 Å². The minimum atomic E-state index is -0.838. The summed E-state index contributed by atoms with van der Waals surface area (Å²) in [5.41, 5.74) is 0.629. The number of benzene rings is 1. The van der Waals surface area contributed by atoms with Crippen molar-refractivity contribution in [2.75, 3.05) is 26.6 Å². The van der Waals surface area contributed by atoms with E-state index in [1.165, 1.54) is 20.3 Å². The van der Waals surface area contributed by atoms with Gasteiger partial charge in [0.25, 0.3) is 0 Å². The number of aryl methyl sites for hydroxylation is 1. The summed E-state index contributed by atoms with van der Waals surface area (Å²) < 4.78 is 39.5. The van der Waals surface area contributed by atoms with E-state index >= 15 is 0 Å². The van der Waals surface area contributed by atoms with Crippen LogP contribution in [-0.2, 0) is 0 Å². The zero-order valence-electron chi connectivity index (χ0n) is 14.3. The highest BCUT2D eigenvalue weighted by atomic mass is 19.1. The van der Waals surface area contributed by atoms with Crippen LogP contribution in [0.3, 0.4) is 0 Å². The molecule has 1 N–H and O–H groups in total. The number of ether oxygens (including phenoxy) is 2. The van der Waals surface area contributed by atoms with Crippen LogP contribution in [0.5, 0.6) is 11.5 Å². The van der Waals surface area contributed by atoms with E-state index in [1.54, 1.807) is 19.3 Å². The van der Waals surface area contributed by atoms with Crippen LogP contribution in [-0.4, -0.2) is 31.2 Å². The van der Waals surface area contributed by atoms with Gasteiger partial charge in [-0.05, 0) is 19.1 Å². The Morgan fingerprint density at radius 1 is 1.00 bits per heavy atom. The van der Waals surface area contributed by atoms with Crippen molar-refractivity contribution in [1.82, 2.24) is 9.97 Å². The molecule has 1 aromatic carbocycles. The molecule has 2 heterocycles. The van der Waals surface area contributed by atoms with Crippen molar-refractivity contribution in [2.45, 2.75) is 6.92 Å². The number of anilines is 1. The molecule has 3 rings (SSSR count). The molecule has 0 radical (unpaired) electrons. The molecule has 7 heteroatoms. The second kappa shape index (κ2) is 6.51. The highest BCUT2D eigenvalue weighted by molar-refractivity contribution is 5.94. The number of aromatic nitrogens is 2. The molecule has 2 aromatic heterocycles. The zero-order valence-corrected chi connectivity index (χ0v) is 14.3. The molecule has 0 aliphatic heterocycles. The lowest BCUT2D eigenvalue weighted by Crippen LogP contribution is -2.02. The van der Waals surface area contributed by atoms with E-state index in [-0.39, 0.29) is 22.8 Å². The average Bonchev–Trinajstić information content (AvgIpc) is 2.61. The molecule has 3 aromatic rings. The summed E-state index contributed by atoms with van der Waals surface area (Å²) in [5.74, 6) is -1.42. The molecule has 0 aliphatic rings. The van der Waals surface area contributed by atoms with E-state index in [0.29, 0.717) is 11.2 Å². The smallest absolute Gasteiger partial charge is 0.177 e. The van der Waals surface area contributed by atoms with Gasteiger partial charge in [-0.25, -0.2) is 13.8 Å². The van der Waals surface area contributed by atoms with Crippen LogP contribution in [0.4, 0.5) is 14.6 Å². The Kier molecular flexibility index (Phi) is 4.39. The fourth-order valence-electron chi connectivity index (χ4n) is 2.68. The fourth-order valence-corrected chi connectivity index (χ4v) is 2.68. The van der Waals surface area contributed by atoms with Gasteiger partial charge in [-0.1, -0.05) is 0 Å². The minimum Gasteiger partial charge on any atom is -0.494 e. The van der Waals surface area contributed by atoms with Gasteiger partial charge in [0.2, 0.25) is 0 Å². The van der Waals surface area contributed by atoms with Crippen LogP contribution in [0, 0.1) is 18.6 Å². The Hall–Kier alpha value is -2.96. The van der Waals surface area contributed by atoms with Gasteiger partial charge < -0.3 is 14.8 Å². The van der Waals surface area contributed by atoms with Gasteiger partial charge in [0, 0.05) is 35.8 Å². The number of fused-ring (bicyclic) bond motifs is 1. The molecule has 0 saturated carbocycles. The molecule has 0 saturated heterocycles. The van der Waals surface area contributed by atoms with E-state index in [9.17, 15) is 8.78 Å². The van der Waals surface area contributed by atoms with Crippen LogP contribution in [0.15, 0.2) is 24.4 Å². The van der Waals surface area contributed by atoms with E-state index < -0.39 is 11.6 Å². The zero-order chi connectivity index (χ0) is 18.1. The normalized spacial score (nSPS) is 10.8. The van der Waals surface area contributed by atoms with Crippen molar-refractivity contribution < 1.29 is 18.3 Å². The predicted octanol–water partition coefficient (Wildman–Crippen LogP) is 3.94. The Morgan fingerprint density at radius 3 is 2.20 bits per heavy atom. The summed E-state index contributed by atoms with van der Waals surface area (Å²) >= 11 is 0. The lowest BCUT2D eigenvalue weighted by Gasteiger charge is -2.14. The number of hydrogen-bond donors (Lipinski definition) is 1. The van der Waals surface area contributed by atoms with Crippen LogP contribution in [0.1, 0.15) is 5.69 Å². The van der Waals surface area contributed by atoms with Gasteiger partial charge in [-0.3, -0.25) is 4.98 Å². The minimum absolute atomic E-state index is 0.120. The Bertz CT molecular complexity index is 933. The quantitative estimate of drug-likeness (QED) is 0.776. The molecule has 25 heavy (non-hydrogen) atoms. The van der Waals surface area contributed by atoms with E-state index in [1.807, 2.05) is 13.0 Å². The van der Waals surface area contributed by atoms with Crippen LogP contribution < -0.4 is 14.8 Å². The molecule has 0 bridgehead atoms. The first-order chi connectivity index (χ1) is 12.0. The van der Waals surface area contributed by atoms with Gasteiger partial charge in [0.05, 0.1) is 25.5 Å². The molecule has 130 valence electrons. The van der Waals surface area contributed by atoms with Crippen LogP contribution in [0.25, 0.3) is 22.0 Å². The summed E-state index contributed by atoms with van der Waals surface area (Å²) in [6.45, 7) is 1.86. The molecule has 0 spiro atoms. The summed E-state index contributed by atoms with van der Waals surface area (Å²) in [5, 5.41) is 4.48. The number of methoxy groups -OCH3 is 2. The highest BCUT2D eigenvalue weighted by Crippen LogP contribution is 2.38. The number of hydrogen-bond acceptors (Lipinski definition) is 5. The Balaban J connectivity index is 2.35. The second-order valence-corrected chi connectivity index (χ2v) is 5.44. The van der Waals surface area contributed by atoms with Gasteiger partial charge in [0.1, 0.15) is 5.82 Å². The first kappa shape index (κ1) is 16.9. The fraction of sp³-hybridized carbons (Fsp3) is 0.222. The van der Waals surface area contributed by atoms with Gasteiger partial charge in [-0.15, -0.1) is 0 Å². The topological polar surface area (TPSA) is 56.3 Å². The third kappa shape index (κ3) is 2.82. The van der Waals surface area contributed by atoms with Crippen molar-refractivity contribution in [3.63, 3.8) is 0 Å². The van der Waals surface area contributed by atoms with Gasteiger partial charge in [0.15, 0.2) is 23.1 Å². The molecule has 5 nitrogen and oxygen atoms in total. The van der Waals surface area contributed by atoms with Gasteiger partial charge in [-0.2, -0.15) is 0 Å². The molecular formula is C18H17F2N3O2. The van der Waals surface area contributed by atoms with Crippen LogP contribution in [0.2, 0.25) is 0 Å². The number of halogens is 2. The number of nitrogens with zero attached hydrogens (tertiary/aromatic N) is 2. The molecule has 0 atom stereocenters. The lowest BCUT2D eigenvalue weighted by molar-refractivity contribution is 0.359. The summed E-state index contributed by atoms with van der Waals surface area (Å²) in [6.07, 6.45) is 1.64. The third-order valence-electron chi connectivity index (χ3n) is 3.92. The molecule has 0 amide bonds. The van der Waals surface area contributed by atoms with Gasteiger partial charge >= 0.3 is 0 Å². The lowest BCUT2D eigenvalue weighted by atomic mass is 10.1. The van der Waals surface area contributed by atoms with Crippen molar-refractivity contribution in [1.29, 1.82) is 0 Å². The Labute approximate surface area is 143 Å². The van der Waals surface area contributed by atoms with Crippen molar-refractivity contribution in [2.24, 2.45) is 0 Å². The first-order valence-electron chi connectivity index (χ1n) is 7.55.